The van der Waals surface area contributed by atoms with E-state index in [9.17, 15) is 4.79 Å². The Balaban J connectivity index is 2.04. The lowest BCUT2D eigenvalue weighted by molar-refractivity contribution is 0.0935. The Bertz CT molecular complexity index is 605. The Labute approximate surface area is 139 Å². The number of aliphatic hydroxyl groups is 1. The topological polar surface area (TPSA) is 62.2 Å². The van der Waals surface area contributed by atoms with E-state index in [0.29, 0.717) is 12.0 Å². The molecule has 0 aliphatic carbocycles. The van der Waals surface area contributed by atoms with Crippen molar-refractivity contribution in [3.63, 3.8) is 0 Å². The van der Waals surface area contributed by atoms with Gasteiger partial charge >= 0.3 is 0 Å². The third-order valence-electron chi connectivity index (χ3n) is 3.24. The predicted octanol–water partition coefficient (Wildman–Crippen LogP) is 2.96. The Morgan fingerprint density at radius 2 is 2.14 bits per heavy atom. The van der Waals surface area contributed by atoms with Gasteiger partial charge in [-0.05, 0) is 31.7 Å². The second kappa shape index (κ2) is 8.31. The zero-order chi connectivity index (χ0) is 15.9. The van der Waals surface area contributed by atoms with Crippen LogP contribution in [-0.2, 0) is 0 Å². The molecule has 118 valence electrons. The molecule has 22 heavy (non-hydrogen) atoms. The van der Waals surface area contributed by atoms with E-state index in [1.165, 1.54) is 0 Å². The fraction of sp³-hybridized carbons (Fsp3) is 0.375. The predicted molar refractivity (Wildman–Crippen MR) is 93.6 cm³/mol. The molecule has 0 saturated carbocycles. The van der Waals surface area contributed by atoms with E-state index < -0.39 is 0 Å². The van der Waals surface area contributed by atoms with Gasteiger partial charge in [0, 0.05) is 34.9 Å². The fourth-order valence-electron chi connectivity index (χ4n) is 2.11. The summed E-state index contributed by atoms with van der Waals surface area (Å²) < 4.78 is 0. The molecule has 0 bridgehead atoms. The summed E-state index contributed by atoms with van der Waals surface area (Å²) in [6.07, 6.45) is 2.56. The average Bonchev–Trinajstić information content (AvgIpc) is 2.94. The summed E-state index contributed by atoms with van der Waals surface area (Å²) in [7, 11) is 0. The number of hydrogen-bond donors (Lipinski definition) is 2. The molecule has 1 atom stereocenters. The molecule has 0 fully saturated rings. The van der Waals surface area contributed by atoms with E-state index in [0.717, 1.165) is 22.0 Å². The van der Waals surface area contributed by atoms with Crippen LogP contribution >= 0.6 is 23.1 Å². The highest BCUT2D eigenvalue weighted by Gasteiger charge is 2.13. The largest absolute Gasteiger partial charge is 0.396 e. The van der Waals surface area contributed by atoms with Crippen LogP contribution in [0, 0.1) is 6.92 Å². The maximum absolute atomic E-state index is 12.2. The number of aliphatic hydroxyl groups excluding tert-OH is 1. The summed E-state index contributed by atoms with van der Waals surface area (Å²) >= 11 is 3.27. The zero-order valence-electron chi connectivity index (χ0n) is 12.7. The van der Waals surface area contributed by atoms with E-state index in [2.05, 4.69) is 10.3 Å². The van der Waals surface area contributed by atoms with Gasteiger partial charge in [0.2, 0.25) is 0 Å². The molecular weight excluding hydrogens is 316 g/mol. The van der Waals surface area contributed by atoms with Crippen LogP contribution in [0.4, 0.5) is 0 Å². The van der Waals surface area contributed by atoms with Crippen LogP contribution in [0.1, 0.15) is 21.8 Å². The molecular formula is C16H20N2O2S2. The molecule has 6 heteroatoms. The van der Waals surface area contributed by atoms with Crippen LogP contribution in [0.3, 0.4) is 0 Å². The highest BCUT2D eigenvalue weighted by Crippen LogP contribution is 2.21. The van der Waals surface area contributed by atoms with E-state index in [4.69, 9.17) is 5.11 Å². The molecule has 0 aliphatic rings. The smallest absolute Gasteiger partial charge is 0.251 e. The number of carbonyl (C=O) groups excluding carboxylic acids is 1. The number of thiazole rings is 1. The van der Waals surface area contributed by atoms with Crippen molar-refractivity contribution in [2.75, 3.05) is 18.6 Å². The van der Waals surface area contributed by atoms with E-state index in [-0.39, 0.29) is 18.6 Å². The van der Waals surface area contributed by atoms with E-state index in [1.54, 1.807) is 23.1 Å². The van der Waals surface area contributed by atoms with Gasteiger partial charge in [-0.1, -0.05) is 12.1 Å². The molecule has 0 saturated heterocycles. The number of rotatable bonds is 7. The highest BCUT2D eigenvalue weighted by molar-refractivity contribution is 7.98. The highest BCUT2D eigenvalue weighted by atomic mass is 32.2. The number of thioether (sulfide) groups is 1. The maximum atomic E-state index is 12.2. The van der Waals surface area contributed by atoms with Gasteiger partial charge in [-0.3, -0.25) is 4.79 Å². The first-order chi connectivity index (χ1) is 10.6. The Morgan fingerprint density at radius 1 is 1.41 bits per heavy atom. The third kappa shape index (κ3) is 4.56. The summed E-state index contributed by atoms with van der Waals surface area (Å²) in [5, 5.41) is 15.1. The fourth-order valence-corrected chi connectivity index (χ4v) is 3.39. The second-order valence-corrected chi connectivity index (χ2v) is 6.94. The van der Waals surface area contributed by atoms with Crippen LogP contribution in [0.2, 0.25) is 0 Å². The van der Waals surface area contributed by atoms with Gasteiger partial charge in [0.15, 0.2) is 0 Å². The number of carbonyl (C=O) groups is 1. The van der Waals surface area contributed by atoms with Gasteiger partial charge < -0.3 is 10.4 Å². The second-order valence-electron chi connectivity index (χ2n) is 4.97. The van der Waals surface area contributed by atoms with Crippen molar-refractivity contribution in [1.29, 1.82) is 0 Å². The molecule has 0 unspecified atom stereocenters. The molecule has 2 rings (SSSR count). The molecule has 2 N–H and O–H groups in total. The molecule has 1 heterocycles. The molecule has 1 amide bonds. The summed E-state index contributed by atoms with van der Waals surface area (Å²) in [5.41, 5.74) is 2.58. The minimum atomic E-state index is -0.103. The van der Waals surface area contributed by atoms with Crippen molar-refractivity contribution in [3.05, 3.63) is 40.2 Å². The number of nitrogens with zero attached hydrogens (tertiary/aromatic N) is 1. The van der Waals surface area contributed by atoms with Gasteiger partial charge in [0.25, 0.3) is 5.91 Å². The van der Waals surface area contributed by atoms with Crippen molar-refractivity contribution in [2.24, 2.45) is 0 Å². The summed E-state index contributed by atoms with van der Waals surface area (Å²) in [5.74, 6) is 0.691. The molecule has 1 aromatic carbocycles. The normalized spacial score (nSPS) is 12.1. The van der Waals surface area contributed by atoms with Crippen molar-refractivity contribution >= 4 is 29.0 Å². The zero-order valence-corrected chi connectivity index (χ0v) is 14.3. The van der Waals surface area contributed by atoms with Gasteiger partial charge in [0.1, 0.15) is 0 Å². The van der Waals surface area contributed by atoms with Gasteiger partial charge in [0.05, 0.1) is 10.7 Å². The van der Waals surface area contributed by atoms with Crippen LogP contribution in [0.15, 0.2) is 29.6 Å². The SMILES string of the molecule is CSC[C@H](CCO)NC(=O)c1ccc(-c2csc(C)n2)cc1. The van der Waals surface area contributed by atoms with E-state index in [1.807, 2.05) is 42.8 Å². The summed E-state index contributed by atoms with van der Waals surface area (Å²) in [6.45, 7) is 2.05. The van der Waals surface area contributed by atoms with Crippen LogP contribution in [-0.4, -0.2) is 40.7 Å². The number of aromatic nitrogens is 1. The van der Waals surface area contributed by atoms with Crippen LogP contribution in [0.5, 0.6) is 0 Å². The van der Waals surface area contributed by atoms with Crippen LogP contribution < -0.4 is 5.32 Å². The first kappa shape index (κ1) is 17.0. The third-order valence-corrected chi connectivity index (χ3v) is 4.75. The Hall–Kier alpha value is -1.37. The average molecular weight is 336 g/mol. The molecule has 2 aromatic rings. The van der Waals surface area contributed by atoms with Crippen molar-refractivity contribution in [3.8, 4) is 11.3 Å². The summed E-state index contributed by atoms with van der Waals surface area (Å²) in [4.78, 5) is 16.7. The first-order valence-electron chi connectivity index (χ1n) is 7.07. The van der Waals surface area contributed by atoms with Gasteiger partial charge in [-0.15, -0.1) is 11.3 Å². The lowest BCUT2D eigenvalue weighted by Gasteiger charge is -2.16. The number of benzene rings is 1. The molecule has 1 aromatic heterocycles. The number of amides is 1. The number of nitrogens with one attached hydrogen (secondary N) is 1. The number of hydrogen-bond acceptors (Lipinski definition) is 5. The van der Waals surface area contributed by atoms with Crippen molar-refractivity contribution < 1.29 is 9.90 Å². The minimum absolute atomic E-state index is 0.00614. The maximum Gasteiger partial charge on any atom is 0.251 e. The lowest BCUT2D eigenvalue weighted by Crippen LogP contribution is -2.37. The lowest BCUT2D eigenvalue weighted by atomic mass is 10.1. The standard InChI is InChI=1S/C16H20N2O2S2/c1-11-17-15(10-22-11)12-3-5-13(6-4-12)16(20)18-14(7-8-19)9-21-2/h3-6,10,14,19H,7-9H2,1-2H3,(H,18,20)/t14-/m0/s1. The summed E-state index contributed by atoms with van der Waals surface area (Å²) in [6, 6.07) is 7.45. The Kier molecular flexibility index (Phi) is 6.42. The number of aryl methyl sites for hydroxylation is 1. The monoisotopic (exact) mass is 336 g/mol. The quantitative estimate of drug-likeness (QED) is 0.816. The molecule has 0 radical (unpaired) electrons. The minimum Gasteiger partial charge on any atom is -0.396 e. The van der Waals surface area contributed by atoms with Gasteiger partial charge in [-0.2, -0.15) is 11.8 Å². The molecule has 0 spiro atoms. The van der Waals surface area contributed by atoms with Crippen molar-refractivity contribution in [1.82, 2.24) is 10.3 Å². The van der Waals surface area contributed by atoms with Gasteiger partial charge in [-0.25, -0.2) is 4.98 Å². The molecule has 0 aliphatic heterocycles. The van der Waals surface area contributed by atoms with E-state index >= 15 is 0 Å². The van der Waals surface area contributed by atoms with Crippen molar-refractivity contribution in [2.45, 2.75) is 19.4 Å². The van der Waals surface area contributed by atoms with Crippen LogP contribution in [0.25, 0.3) is 11.3 Å². The first-order valence-corrected chi connectivity index (χ1v) is 9.34. The molecule has 4 nitrogen and oxygen atoms in total. The Morgan fingerprint density at radius 3 is 2.68 bits per heavy atom.